The van der Waals surface area contributed by atoms with E-state index in [4.69, 9.17) is 9.47 Å². The predicted octanol–water partition coefficient (Wildman–Crippen LogP) is 3.82. The van der Waals surface area contributed by atoms with Gasteiger partial charge in [0.05, 0.1) is 23.4 Å². The molecule has 2 saturated carbocycles. The number of carbonyl (C=O) groups is 2. The van der Waals surface area contributed by atoms with E-state index in [1.807, 2.05) is 19.9 Å². The highest BCUT2D eigenvalue weighted by molar-refractivity contribution is 5.70. The monoisotopic (exact) mass is 485 g/mol. The summed E-state index contributed by atoms with van der Waals surface area (Å²) in [5.41, 5.74) is 2.50. The normalized spacial score (nSPS) is 22.3. The number of pyridine rings is 1. The zero-order valence-corrected chi connectivity index (χ0v) is 20.9. The Morgan fingerprint density at radius 2 is 2.00 bits per heavy atom. The number of aryl methyl sites for hydroxylation is 2. The number of aromatic nitrogens is 4. The van der Waals surface area contributed by atoms with Crippen molar-refractivity contribution < 1.29 is 24.2 Å². The lowest BCUT2D eigenvalue weighted by atomic mass is 9.79. The zero-order chi connectivity index (χ0) is 25.1. The molecule has 2 heterocycles. The van der Waals surface area contributed by atoms with Crippen LogP contribution < -0.4 is 4.74 Å². The van der Waals surface area contributed by atoms with Crippen LogP contribution in [0, 0.1) is 24.7 Å². The molecular weight excluding hydrogens is 450 g/mol. The van der Waals surface area contributed by atoms with Crippen molar-refractivity contribution in [2.24, 2.45) is 24.8 Å². The summed E-state index contributed by atoms with van der Waals surface area (Å²) in [4.78, 5) is 30.3. The Morgan fingerprint density at radius 1 is 1.23 bits per heavy atom. The minimum atomic E-state index is -0.763. The van der Waals surface area contributed by atoms with Crippen molar-refractivity contribution >= 4 is 12.1 Å². The van der Waals surface area contributed by atoms with Crippen LogP contribution in [0.15, 0.2) is 12.1 Å². The van der Waals surface area contributed by atoms with Crippen molar-refractivity contribution in [2.75, 3.05) is 13.6 Å². The predicted molar refractivity (Wildman–Crippen MR) is 128 cm³/mol. The van der Waals surface area contributed by atoms with Crippen LogP contribution in [0.3, 0.4) is 0 Å². The van der Waals surface area contributed by atoms with E-state index in [-0.39, 0.29) is 30.6 Å². The lowest BCUT2D eigenvalue weighted by molar-refractivity contribution is -0.146. The number of hydrogen-bond donors (Lipinski definition) is 1. The van der Waals surface area contributed by atoms with Crippen LogP contribution in [-0.2, 0) is 23.2 Å². The highest BCUT2D eigenvalue weighted by Crippen LogP contribution is 2.34. The molecule has 190 valence electrons. The quantitative estimate of drug-likeness (QED) is 0.599. The van der Waals surface area contributed by atoms with Gasteiger partial charge in [0.2, 0.25) is 0 Å². The molecule has 3 atom stereocenters. The molecule has 0 bridgehead atoms. The Balaban J connectivity index is 1.41. The average molecular weight is 486 g/mol. The molecule has 10 heteroatoms. The van der Waals surface area contributed by atoms with Crippen molar-refractivity contribution in [3.8, 4) is 17.1 Å². The molecule has 1 unspecified atom stereocenters. The van der Waals surface area contributed by atoms with Crippen LogP contribution in [-0.4, -0.2) is 61.7 Å². The Labute approximate surface area is 205 Å². The summed E-state index contributed by atoms with van der Waals surface area (Å²) in [7, 11) is 3.52. The molecule has 0 aromatic carbocycles. The van der Waals surface area contributed by atoms with Crippen LogP contribution in [0.4, 0.5) is 4.79 Å². The molecule has 2 fully saturated rings. The molecule has 2 aromatic heterocycles. The van der Waals surface area contributed by atoms with Gasteiger partial charge in [-0.25, -0.2) is 14.5 Å². The fourth-order valence-corrected chi connectivity index (χ4v) is 4.83. The van der Waals surface area contributed by atoms with Gasteiger partial charge < -0.3 is 19.5 Å². The van der Waals surface area contributed by atoms with Gasteiger partial charge in [-0.1, -0.05) is 18.6 Å². The molecule has 10 nitrogen and oxygen atoms in total. The maximum absolute atomic E-state index is 12.4. The number of hydrogen-bond acceptors (Lipinski definition) is 7. The number of carbonyl (C=O) groups excluding carboxylic acids is 1. The van der Waals surface area contributed by atoms with Crippen LogP contribution in [0.25, 0.3) is 11.4 Å². The lowest BCUT2D eigenvalue weighted by Gasteiger charge is -2.32. The second-order valence-corrected chi connectivity index (χ2v) is 10.00. The summed E-state index contributed by atoms with van der Waals surface area (Å²) < 4.78 is 13.3. The molecule has 1 amide bonds. The van der Waals surface area contributed by atoms with Gasteiger partial charge in [-0.05, 0) is 63.0 Å². The zero-order valence-electron chi connectivity index (χ0n) is 20.9. The van der Waals surface area contributed by atoms with Crippen LogP contribution in [0.2, 0.25) is 0 Å². The molecule has 0 saturated heterocycles. The highest BCUT2D eigenvalue weighted by atomic mass is 16.6. The molecule has 0 radical (unpaired) electrons. The fraction of sp³-hybridized carbons (Fsp3) is 0.640. The second-order valence-electron chi connectivity index (χ2n) is 10.00. The van der Waals surface area contributed by atoms with Gasteiger partial charge in [-0.2, -0.15) is 0 Å². The van der Waals surface area contributed by atoms with Gasteiger partial charge in [0, 0.05) is 20.6 Å². The van der Waals surface area contributed by atoms with Crippen molar-refractivity contribution in [3.63, 3.8) is 0 Å². The third-order valence-electron chi connectivity index (χ3n) is 7.38. The van der Waals surface area contributed by atoms with Crippen molar-refractivity contribution in [3.05, 3.63) is 23.5 Å². The van der Waals surface area contributed by atoms with E-state index in [9.17, 15) is 14.7 Å². The average Bonchev–Trinajstić information content (AvgIpc) is 3.17. The molecular formula is C25H35N5O5. The first-order chi connectivity index (χ1) is 16.7. The van der Waals surface area contributed by atoms with E-state index in [0.29, 0.717) is 47.4 Å². The highest BCUT2D eigenvalue weighted by Gasteiger charge is 2.34. The summed E-state index contributed by atoms with van der Waals surface area (Å²) in [5.74, 6) is 0.199. The molecule has 35 heavy (non-hydrogen) atoms. The SMILES string of the molecule is Cc1nc(-c2nnn(C)c2COC(=O)N(C)CC2CCC2)ccc1O[C@H]1CCC(C)[C@H](C(=O)O)C1. The van der Waals surface area contributed by atoms with E-state index < -0.39 is 5.97 Å². The molecule has 2 aromatic rings. The van der Waals surface area contributed by atoms with Crippen LogP contribution >= 0.6 is 0 Å². The number of aliphatic carboxylic acids is 1. The number of rotatable bonds is 8. The Hall–Kier alpha value is -3.17. The standard InChI is InChI=1S/C25H35N5O5/c1-15-8-9-18(12-19(15)24(31)32)35-22-11-10-20(26-16(22)2)23-21(30(4)28-27-23)14-34-25(33)29(3)13-17-6-5-7-17/h10-11,15,17-19H,5-9,12-14H2,1-4H3,(H,31,32)/t15?,18-,19+/m0/s1. The van der Waals surface area contributed by atoms with Gasteiger partial charge >= 0.3 is 12.1 Å². The van der Waals surface area contributed by atoms with Crippen LogP contribution in [0.1, 0.15) is 56.8 Å². The molecule has 2 aliphatic rings. The Bertz CT molecular complexity index is 1070. The summed E-state index contributed by atoms with van der Waals surface area (Å²) >= 11 is 0. The minimum Gasteiger partial charge on any atom is -0.489 e. The Morgan fingerprint density at radius 3 is 2.66 bits per heavy atom. The molecule has 1 N–H and O–H groups in total. The van der Waals surface area contributed by atoms with Gasteiger partial charge in [-0.15, -0.1) is 5.10 Å². The van der Waals surface area contributed by atoms with E-state index >= 15 is 0 Å². The summed E-state index contributed by atoms with van der Waals surface area (Å²) in [5, 5.41) is 17.8. The Kier molecular flexibility index (Phi) is 7.57. The molecule has 0 spiro atoms. The van der Waals surface area contributed by atoms with Gasteiger partial charge in [-0.3, -0.25) is 4.79 Å². The van der Waals surface area contributed by atoms with E-state index in [0.717, 1.165) is 25.7 Å². The van der Waals surface area contributed by atoms with Crippen molar-refractivity contribution in [1.29, 1.82) is 0 Å². The summed E-state index contributed by atoms with van der Waals surface area (Å²) in [6.45, 7) is 4.59. The minimum absolute atomic E-state index is 0.0441. The number of carboxylic acids is 1. The van der Waals surface area contributed by atoms with Gasteiger partial charge in [0.25, 0.3) is 0 Å². The van der Waals surface area contributed by atoms with Crippen LogP contribution in [0.5, 0.6) is 5.75 Å². The number of carboxylic acid groups (broad SMARTS) is 1. The fourth-order valence-electron chi connectivity index (χ4n) is 4.83. The molecule has 2 aliphatic carbocycles. The van der Waals surface area contributed by atoms with Gasteiger partial charge in [0.1, 0.15) is 23.7 Å². The second kappa shape index (κ2) is 10.6. The number of ether oxygens (including phenoxy) is 2. The number of nitrogens with zero attached hydrogens (tertiary/aromatic N) is 5. The summed E-state index contributed by atoms with van der Waals surface area (Å²) in [6.07, 6.45) is 5.19. The first kappa shape index (κ1) is 24.9. The maximum Gasteiger partial charge on any atom is 0.409 e. The maximum atomic E-state index is 12.4. The van der Waals surface area contributed by atoms with E-state index in [2.05, 4.69) is 15.3 Å². The third-order valence-corrected chi connectivity index (χ3v) is 7.38. The van der Waals surface area contributed by atoms with E-state index in [1.54, 1.807) is 29.7 Å². The first-order valence-electron chi connectivity index (χ1n) is 12.4. The smallest absolute Gasteiger partial charge is 0.409 e. The van der Waals surface area contributed by atoms with Crippen molar-refractivity contribution in [2.45, 2.75) is 65.1 Å². The topological polar surface area (TPSA) is 120 Å². The van der Waals surface area contributed by atoms with Crippen molar-refractivity contribution in [1.82, 2.24) is 24.9 Å². The third kappa shape index (κ3) is 5.74. The lowest BCUT2D eigenvalue weighted by Crippen LogP contribution is -2.34. The van der Waals surface area contributed by atoms with E-state index in [1.165, 1.54) is 6.42 Å². The number of amides is 1. The molecule has 0 aliphatic heterocycles. The first-order valence-corrected chi connectivity index (χ1v) is 12.4. The van der Waals surface area contributed by atoms with Gasteiger partial charge in [0.15, 0.2) is 0 Å². The summed E-state index contributed by atoms with van der Waals surface area (Å²) in [6, 6.07) is 3.64. The largest absolute Gasteiger partial charge is 0.489 e. The molecule has 4 rings (SSSR count).